The summed E-state index contributed by atoms with van der Waals surface area (Å²) >= 11 is 0. The maximum absolute atomic E-state index is 6.04. The molecule has 0 aromatic heterocycles. The van der Waals surface area contributed by atoms with Crippen molar-refractivity contribution in [1.82, 2.24) is 5.32 Å². The molecular formula is C17H35NO. The van der Waals surface area contributed by atoms with Crippen LogP contribution in [-0.2, 0) is 4.74 Å². The van der Waals surface area contributed by atoms with Crippen molar-refractivity contribution in [1.29, 1.82) is 0 Å². The van der Waals surface area contributed by atoms with Crippen LogP contribution < -0.4 is 5.32 Å². The fraction of sp³-hybridized carbons (Fsp3) is 1.00. The molecule has 0 radical (unpaired) electrons. The highest BCUT2D eigenvalue weighted by molar-refractivity contribution is 4.87. The van der Waals surface area contributed by atoms with Crippen molar-refractivity contribution in [2.24, 2.45) is 11.8 Å². The molecule has 2 heteroatoms. The third-order valence-electron chi connectivity index (χ3n) is 4.77. The van der Waals surface area contributed by atoms with Crippen molar-refractivity contribution < 1.29 is 4.74 Å². The summed E-state index contributed by atoms with van der Waals surface area (Å²) in [4.78, 5) is 0. The molecule has 1 aliphatic carbocycles. The van der Waals surface area contributed by atoms with Gasteiger partial charge in [0.2, 0.25) is 0 Å². The van der Waals surface area contributed by atoms with Crippen molar-refractivity contribution in [3.05, 3.63) is 0 Å². The lowest BCUT2D eigenvalue weighted by atomic mass is 9.76. The Labute approximate surface area is 120 Å². The molecule has 1 fully saturated rings. The monoisotopic (exact) mass is 269 g/mol. The third kappa shape index (κ3) is 5.43. The molecule has 0 aromatic rings. The van der Waals surface area contributed by atoms with Gasteiger partial charge in [0.1, 0.15) is 0 Å². The number of rotatable bonds is 9. The van der Waals surface area contributed by atoms with Crippen molar-refractivity contribution in [3.63, 3.8) is 0 Å². The summed E-state index contributed by atoms with van der Waals surface area (Å²) in [5.74, 6) is 1.81. The van der Waals surface area contributed by atoms with Gasteiger partial charge in [-0.25, -0.2) is 0 Å². The van der Waals surface area contributed by atoms with Crippen molar-refractivity contribution >= 4 is 0 Å². The van der Waals surface area contributed by atoms with E-state index >= 15 is 0 Å². The summed E-state index contributed by atoms with van der Waals surface area (Å²) in [6.07, 6.45) is 9.83. The molecule has 0 aromatic carbocycles. The van der Waals surface area contributed by atoms with E-state index in [4.69, 9.17) is 4.74 Å². The van der Waals surface area contributed by atoms with Crippen LogP contribution in [0, 0.1) is 11.8 Å². The van der Waals surface area contributed by atoms with E-state index in [0.717, 1.165) is 25.0 Å². The van der Waals surface area contributed by atoms with Gasteiger partial charge in [-0.1, -0.05) is 46.5 Å². The first kappa shape index (κ1) is 17.0. The zero-order chi connectivity index (χ0) is 14.1. The van der Waals surface area contributed by atoms with Crippen LogP contribution in [0.4, 0.5) is 0 Å². The minimum atomic E-state index is 0.415. The van der Waals surface area contributed by atoms with E-state index in [2.05, 4.69) is 33.0 Å². The summed E-state index contributed by atoms with van der Waals surface area (Å²) in [6, 6.07) is 0.572. The summed E-state index contributed by atoms with van der Waals surface area (Å²) in [7, 11) is 0. The van der Waals surface area contributed by atoms with Crippen LogP contribution in [0.5, 0.6) is 0 Å². The van der Waals surface area contributed by atoms with E-state index in [0.29, 0.717) is 12.1 Å². The van der Waals surface area contributed by atoms with E-state index in [1.807, 2.05) is 0 Å². The van der Waals surface area contributed by atoms with E-state index in [1.165, 1.54) is 44.9 Å². The van der Waals surface area contributed by atoms with Crippen molar-refractivity contribution in [2.45, 2.75) is 84.8 Å². The zero-order valence-corrected chi connectivity index (χ0v) is 13.6. The lowest BCUT2D eigenvalue weighted by molar-refractivity contribution is 0.00378. The van der Waals surface area contributed by atoms with Gasteiger partial charge in [0, 0.05) is 12.6 Å². The largest absolute Gasteiger partial charge is 0.377 e. The summed E-state index contributed by atoms with van der Waals surface area (Å²) in [6.45, 7) is 10.9. The molecule has 0 amide bonds. The van der Waals surface area contributed by atoms with Gasteiger partial charge >= 0.3 is 0 Å². The Hall–Kier alpha value is -0.0800. The average molecular weight is 269 g/mol. The third-order valence-corrected chi connectivity index (χ3v) is 4.77. The van der Waals surface area contributed by atoms with Crippen LogP contribution in [0.25, 0.3) is 0 Å². The molecule has 2 nitrogen and oxygen atoms in total. The second-order valence-corrected chi connectivity index (χ2v) is 6.05. The molecule has 1 N–H and O–H groups in total. The van der Waals surface area contributed by atoms with Gasteiger partial charge in [-0.2, -0.15) is 0 Å². The van der Waals surface area contributed by atoms with E-state index in [9.17, 15) is 0 Å². The Balaban J connectivity index is 2.58. The normalized spacial score (nSPS) is 27.2. The number of hydrogen-bond donors (Lipinski definition) is 1. The number of likely N-dealkylation sites (N-methyl/N-ethyl adjacent to an activating group) is 1. The highest BCUT2D eigenvalue weighted by Gasteiger charge is 2.31. The Morgan fingerprint density at radius 1 is 1.05 bits per heavy atom. The SMILES string of the molecule is CCCC(OCC)C(NCC)C1CCC(CC)CC1. The first-order valence-electron chi connectivity index (χ1n) is 8.61. The molecular weight excluding hydrogens is 234 g/mol. The predicted octanol–water partition coefficient (Wildman–Crippen LogP) is 4.39. The number of hydrogen-bond acceptors (Lipinski definition) is 2. The topological polar surface area (TPSA) is 21.3 Å². The fourth-order valence-electron chi connectivity index (χ4n) is 3.66. The van der Waals surface area contributed by atoms with Gasteiger partial charge in [-0.15, -0.1) is 0 Å². The van der Waals surface area contributed by atoms with Crippen LogP contribution in [0.15, 0.2) is 0 Å². The Bertz CT molecular complexity index is 205. The zero-order valence-electron chi connectivity index (χ0n) is 13.6. The highest BCUT2D eigenvalue weighted by atomic mass is 16.5. The quantitative estimate of drug-likeness (QED) is 0.670. The van der Waals surface area contributed by atoms with Crippen LogP contribution in [0.3, 0.4) is 0 Å². The maximum Gasteiger partial charge on any atom is 0.0730 e. The smallest absolute Gasteiger partial charge is 0.0730 e. The fourth-order valence-corrected chi connectivity index (χ4v) is 3.66. The van der Waals surface area contributed by atoms with Crippen molar-refractivity contribution in [2.75, 3.05) is 13.2 Å². The average Bonchev–Trinajstić information content (AvgIpc) is 2.45. The Morgan fingerprint density at radius 2 is 1.74 bits per heavy atom. The van der Waals surface area contributed by atoms with Gasteiger partial charge < -0.3 is 10.1 Å². The molecule has 0 bridgehead atoms. The molecule has 1 rings (SSSR count). The van der Waals surface area contributed by atoms with E-state index in [-0.39, 0.29) is 0 Å². The van der Waals surface area contributed by atoms with Gasteiger partial charge in [0.05, 0.1) is 6.10 Å². The second kappa shape index (κ2) is 9.77. The minimum absolute atomic E-state index is 0.415. The molecule has 0 saturated heterocycles. The summed E-state index contributed by atoms with van der Waals surface area (Å²) in [5, 5.41) is 3.73. The maximum atomic E-state index is 6.04. The second-order valence-electron chi connectivity index (χ2n) is 6.05. The predicted molar refractivity (Wildman–Crippen MR) is 83.5 cm³/mol. The van der Waals surface area contributed by atoms with Gasteiger partial charge in [0.25, 0.3) is 0 Å². The molecule has 0 aliphatic heterocycles. The van der Waals surface area contributed by atoms with Gasteiger partial charge in [-0.3, -0.25) is 0 Å². The highest BCUT2D eigenvalue weighted by Crippen LogP contribution is 2.34. The minimum Gasteiger partial charge on any atom is -0.377 e. The standard InChI is InChI=1S/C17H35NO/c1-5-9-16(19-8-4)17(18-7-3)15-12-10-14(6-2)11-13-15/h14-18H,5-13H2,1-4H3. The number of nitrogens with one attached hydrogen (secondary N) is 1. The van der Waals surface area contributed by atoms with E-state index < -0.39 is 0 Å². The molecule has 2 atom stereocenters. The Morgan fingerprint density at radius 3 is 2.21 bits per heavy atom. The van der Waals surface area contributed by atoms with Crippen molar-refractivity contribution in [3.8, 4) is 0 Å². The lowest BCUT2D eigenvalue weighted by Gasteiger charge is -2.38. The Kier molecular flexibility index (Phi) is 8.72. The molecule has 114 valence electrons. The summed E-state index contributed by atoms with van der Waals surface area (Å²) in [5.41, 5.74) is 0. The van der Waals surface area contributed by atoms with Crippen LogP contribution in [0.1, 0.15) is 72.6 Å². The van der Waals surface area contributed by atoms with Gasteiger partial charge in [-0.05, 0) is 44.6 Å². The molecule has 0 spiro atoms. The van der Waals surface area contributed by atoms with E-state index in [1.54, 1.807) is 0 Å². The lowest BCUT2D eigenvalue weighted by Crippen LogP contribution is -2.47. The number of ether oxygens (including phenoxy) is 1. The molecule has 1 saturated carbocycles. The molecule has 0 heterocycles. The molecule has 2 unspecified atom stereocenters. The molecule has 1 aliphatic rings. The van der Waals surface area contributed by atoms with Crippen LogP contribution >= 0.6 is 0 Å². The summed E-state index contributed by atoms with van der Waals surface area (Å²) < 4.78 is 6.04. The first-order valence-corrected chi connectivity index (χ1v) is 8.61. The van der Waals surface area contributed by atoms with Crippen LogP contribution in [0.2, 0.25) is 0 Å². The first-order chi connectivity index (χ1) is 9.26. The van der Waals surface area contributed by atoms with Gasteiger partial charge in [0.15, 0.2) is 0 Å². The molecule has 19 heavy (non-hydrogen) atoms. The van der Waals surface area contributed by atoms with Crippen LogP contribution in [-0.4, -0.2) is 25.3 Å².